The van der Waals surface area contributed by atoms with E-state index in [4.69, 9.17) is 0 Å². The molecule has 1 fully saturated rings. The van der Waals surface area contributed by atoms with Crippen LogP contribution in [-0.4, -0.2) is 32.9 Å². The van der Waals surface area contributed by atoms with Gasteiger partial charge in [0.2, 0.25) is 5.91 Å². The van der Waals surface area contributed by atoms with Crippen molar-refractivity contribution in [1.82, 2.24) is 5.32 Å². The molecule has 2 rings (SSSR count). The molecule has 1 aliphatic rings. The molecule has 1 amide bonds. The maximum Gasteiger partial charge on any atom is 0.285 e. The average molecular weight is 309 g/mol. The van der Waals surface area contributed by atoms with Crippen molar-refractivity contribution in [2.24, 2.45) is 10.2 Å². The lowest BCUT2D eigenvalue weighted by molar-refractivity contribution is -0.394. The van der Waals surface area contributed by atoms with E-state index in [2.05, 4.69) is 15.5 Å². The van der Waals surface area contributed by atoms with Crippen molar-refractivity contribution in [2.45, 2.75) is 0 Å². The second-order valence-electron chi connectivity index (χ2n) is 3.74. The third-order valence-electron chi connectivity index (χ3n) is 2.35. The van der Waals surface area contributed by atoms with E-state index in [0.717, 1.165) is 30.1 Å². The molecular weight excluding hydrogens is 302 g/mol. The summed E-state index contributed by atoms with van der Waals surface area (Å²) in [6, 6.07) is 3.19. The molecule has 10 nitrogen and oxygen atoms in total. The fourth-order valence-corrected chi connectivity index (χ4v) is 2.07. The summed E-state index contributed by atoms with van der Waals surface area (Å²) in [4.78, 5) is 30.9. The van der Waals surface area contributed by atoms with Gasteiger partial charge in [0.15, 0.2) is 5.17 Å². The molecule has 0 bridgehead atoms. The molecule has 1 N–H and O–H groups in total. The highest BCUT2D eigenvalue weighted by Gasteiger charge is 2.18. The van der Waals surface area contributed by atoms with Gasteiger partial charge in [0.05, 0.1) is 33.4 Å². The molecule has 1 aromatic rings. The van der Waals surface area contributed by atoms with Gasteiger partial charge in [0.25, 0.3) is 11.4 Å². The van der Waals surface area contributed by atoms with E-state index in [-0.39, 0.29) is 22.9 Å². The van der Waals surface area contributed by atoms with Crippen LogP contribution in [0.25, 0.3) is 0 Å². The lowest BCUT2D eigenvalue weighted by Crippen LogP contribution is -2.19. The van der Waals surface area contributed by atoms with Crippen molar-refractivity contribution in [3.63, 3.8) is 0 Å². The first-order valence-electron chi connectivity index (χ1n) is 5.44. The Labute approximate surface area is 121 Å². The summed E-state index contributed by atoms with van der Waals surface area (Å²) >= 11 is 1.15. The highest BCUT2D eigenvalue weighted by Crippen LogP contribution is 2.23. The molecule has 0 unspecified atom stereocenters. The minimum Gasteiger partial charge on any atom is -0.303 e. The van der Waals surface area contributed by atoms with E-state index in [0.29, 0.717) is 5.17 Å². The molecule has 0 aromatic heterocycles. The summed E-state index contributed by atoms with van der Waals surface area (Å²) in [5.74, 6) is 0.0433. The standard InChI is InChI=1S/C10H7N5O5S/c16-9-5-21-10(12-9)13-11-4-6-1-2-7(14(17)18)3-8(6)15(19)20/h1-4H,5H2,(H,12,13,16). The number of amidine groups is 1. The first-order valence-corrected chi connectivity index (χ1v) is 6.42. The Hall–Kier alpha value is -2.82. The topological polar surface area (TPSA) is 140 Å². The molecule has 1 aromatic carbocycles. The number of carbonyl (C=O) groups excluding carboxylic acids is 1. The maximum atomic E-state index is 10.9. The van der Waals surface area contributed by atoms with E-state index >= 15 is 0 Å². The van der Waals surface area contributed by atoms with Gasteiger partial charge in [-0.15, -0.1) is 5.10 Å². The molecule has 1 aliphatic heterocycles. The highest BCUT2D eigenvalue weighted by molar-refractivity contribution is 8.15. The molecule has 21 heavy (non-hydrogen) atoms. The summed E-state index contributed by atoms with van der Waals surface area (Å²) in [7, 11) is 0. The van der Waals surface area contributed by atoms with Crippen molar-refractivity contribution >= 4 is 40.4 Å². The lowest BCUT2D eigenvalue weighted by Gasteiger charge is -1.97. The number of thioether (sulfide) groups is 1. The number of nitro benzene ring substituents is 2. The molecule has 0 radical (unpaired) electrons. The maximum absolute atomic E-state index is 10.9. The SMILES string of the molecule is O=C1CSC(=NN=Cc2ccc([N+](=O)[O-])cc2[N+](=O)[O-])N1. The van der Waals surface area contributed by atoms with Gasteiger partial charge in [0, 0.05) is 6.07 Å². The number of nitrogens with one attached hydrogen (secondary N) is 1. The zero-order chi connectivity index (χ0) is 15.4. The summed E-state index contributed by atoms with van der Waals surface area (Å²) in [5, 5.41) is 31.5. The zero-order valence-electron chi connectivity index (χ0n) is 10.3. The van der Waals surface area contributed by atoms with E-state index in [9.17, 15) is 25.0 Å². The Morgan fingerprint density at radius 2 is 2.05 bits per heavy atom. The van der Waals surface area contributed by atoms with Gasteiger partial charge in [-0.25, -0.2) is 0 Å². The molecule has 0 saturated carbocycles. The van der Waals surface area contributed by atoms with Crippen LogP contribution in [-0.2, 0) is 4.79 Å². The smallest absolute Gasteiger partial charge is 0.285 e. The number of rotatable bonds is 4. The number of amides is 1. The van der Waals surface area contributed by atoms with E-state index in [1.165, 1.54) is 6.07 Å². The van der Waals surface area contributed by atoms with Gasteiger partial charge in [-0.05, 0) is 6.07 Å². The number of carbonyl (C=O) groups is 1. The quantitative estimate of drug-likeness (QED) is 0.501. The molecule has 11 heteroatoms. The van der Waals surface area contributed by atoms with Gasteiger partial charge < -0.3 is 5.32 Å². The number of non-ortho nitro benzene ring substituents is 1. The van der Waals surface area contributed by atoms with Crippen LogP contribution in [0.1, 0.15) is 5.56 Å². The number of hydrogen-bond donors (Lipinski definition) is 1. The summed E-state index contributed by atoms with van der Waals surface area (Å²) < 4.78 is 0. The lowest BCUT2D eigenvalue weighted by atomic mass is 10.2. The minimum absolute atomic E-state index is 0.0734. The number of benzene rings is 1. The van der Waals surface area contributed by atoms with E-state index < -0.39 is 15.5 Å². The van der Waals surface area contributed by atoms with Crippen LogP contribution in [0.3, 0.4) is 0 Å². The van der Waals surface area contributed by atoms with Crippen LogP contribution < -0.4 is 5.32 Å². The zero-order valence-corrected chi connectivity index (χ0v) is 11.1. The Morgan fingerprint density at radius 1 is 1.29 bits per heavy atom. The predicted molar refractivity (Wildman–Crippen MR) is 75.4 cm³/mol. The van der Waals surface area contributed by atoms with Crippen LogP contribution in [0.2, 0.25) is 0 Å². The predicted octanol–water partition coefficient (Wildman–Crippen LogP) is 1.06. The van der Waals surface area contributed by atoms with Gasteiger partial charge in [-0.2, -0.15) is 5.10 Å². The van der Waals surface area contributed by atoms with Crippen molar-refractivity contribution < 1.29 is 14.6 Å². The third-order valence-corrected chi connectivity index (χ3v) is 3.22. The number of nitro groups is 2. The second kappa shape index (κ2) is 6.09. The summed E-state index contributed by atoms with van der Waals surface area (Å²) in [6.07, 6.45) is 1.10. The third kappa shape index (κ3) is 3.60. The van der Waals surface area contributed by atoms with Crippen molar-refractivity contribution in [3.8, 4) is 0 Å². The first kappa shape index (κ1) is 14.6. The van der Waals surface area contributed by atoms with Crippen LogP contribution in [0.4, 0.5) is 11.4 Å². The van der Waals surface area contributed by atoms with Crippen molar-refractivity contribution in [2.75, 3.05) is 5.75 Å². The van der Waals surface area contributed by atoms with Gasteiger partial charge >= 0.3 is 0 Å². The van der Waals surface area contributed by atoms with Gasteiger partial charge in [-0.3, -0.25) is 25.0 Å². The van der Waals surface area contributed by atoms with Gasteiger partial charge in [-0.1, -0.05) is 11.8 Å². The summed E-state index contributed by atoms with van der Waals surface area (Å²) in [6.45, 7) is 0. The fraction of sp³-hybridized carbons (Fsp3) is 0.100. The average Bonchev–Trinajstić information content (AvgIpc) is 2.84. The summed E-state index contributed by atoms with van der Waals surface area (Å²) in [5.41, 5.74) is -0.760. The van der Waals surface area contributed by atoms with Crippen molar-refractivity contribution in [3.05, 3.63) is 44.0 Å². The first-order chi connectivity index (χ1) is 9.97. The van der Waals surface area contributed by atoms with Crippen LogP contribution in [0, 0.1) is 20.2 Å². The second-order valence-corrected chi connectivity index (χ2v) is 4.71. The van der Waals surface area contributed by atoms with Gasteiger partial charge in [0.1, 0.15) is 0 Å². The molecule has 0 aliphatic carbocycles. The molecule has 1 heterocycles. The largest absolute Gasteiger partial charge is 0.303 e. The van der Waals surface area contributed by atoms with Crippen LogP contribution >= 0.6 is 11.8 Å². The molecule has 1 saturated heterocycles. The fourth-order valence-electron chi connectivity index (χ4n) is 1.44. The van der Waals surface area contributed by atoms with Crippen molar-refractivity contribution in [1.29, 1.82) is 0 Å². The van der Waals surface area contributed by atoms with Crippen LogP contribution in [0.5, 0.6) is 0 Å². The molecular formula is C10H7N5O5S. The Balaban J connectivity index is 2.25. The Morgan fingerprint density at radius 3 is 2.62 bits per heavy atom. The Bertz CT molecular complexity index is 686. The highest BCUT2D eigenvalue weighted by atomic mass is 32.2. The molecule has 108 valence electrons. The van der Waals surface area contributed by atoms with Crippen LogP contribution in [0.15, 0.2) is 28.4 Å². The molecule has 0 spiro atoms. The Kier molecular flexibility index (Phi) is 4.23. The van der Waals surface area contributed by atoms with E-state index in [1.807, 2.05) is 0 Å². The van der Waals surface area contributed by atoms with E-state index in [1.54, 1.807) is 0 Å². The minimum atomic E-state index is -0.742. The molecule has 0 atom stereocenters. The number of nitrogens with zero attached hydrogens (tertiary/aromatic N) is 4. The monoisotopic (exact) mass is 309 g/mol. The number of hydrogen-bond acceptors (Lipinski definition) is 8. The normalized spacial score (nSPS) is 16.4.